The van der Waals surface area contributed by atoms with Crippen LogP contribution in [-0.2, 0) is 30.9 Å². The first-order valence-corrected chi connectivity index (χ1v) is 9.99. The number of rotatable bonds is 10. The Morgan fingerprint density at radius 1 is 1.00 bits per heavy atom. The minimum Gasteiger partial charge on any atom is -0.497 e. The molecule has 0 aliphatic carbocycles. The van der Waals surface area contributed by atoms with Gasteiger partial charge in [-0.15, -0.1) is 0 Å². The number of esters is 1. The summed E-state index contributed by atoms with van der Waals surface area (Å²) in [6.45, 7) is -0.263. The van der Waals surface area contributed by atoms with Crippen LogP contribution < -0.4 is 14.8 Å². The third kappa shape index (κ3) is 7.01. The summed E-state index contributed by atoms with van der Waals surface area (Å²) in [6, 6.07) is 15.0. The van der Waals surface area contributed by atoms with Crippen LogP contribution in [0.2, 0.25) is 0 Å². The van der Waals surface area contributed by atoms with E-state index in [9.17, 15) is 18.0 Å². The third-order valence-corrected chi connectivity index (χ3v) is 5.16. The van der Waals surface area contributed by atoms with E-state index in [1.165, 1.54) is 12.1 Å². The lowest BCUT2D eigenvalue weighted by molar-refractivity contribution is -0.148. The SMILES string of the molecule is COc1ccc(CNC(=O)COC(=O)CCNS(=O)(=O)c2ccccc2)cc1. The Balaban J connectivity index is 1.65. The van der Waals surface area contributed by atoms with Crippen LogP contribution >= 0.6 is 0 Å². The highest BCUT2D eigenvalue weighted by atomic mass is 32.2. The second-order valence-corrected chi connectivity index (χ2v) is 7.51. The summed E-state index contributed by atoms with van der Waals surface area (Å²) in [6.07, 6.45) is -0.183. The van der Waals surface area contributed by atoms with Crippen molar-refractivity contribution in [3.63, 3.8) is 0 Å². The number of methoxy groups -OCH3 is 1. The van der Waals surface area contributed by atoms with E-state index in [2.05, 4.69) is 10.0 Å². The molecule has 0 heterocycles. The molecule has 0 spiro atoms. The van der Waals surface area contributed by atoms with E-state index < -0.39 is 28.5 Å². The molecule has 2 rings (SSSR count). The molecular formula is C19H22N2O6S. The summed E-state index contributed by atoms with van der Waals surface area (Å²) < 4.78 is 36.2. The van der Waals surface area contributed by atoms with E-state index in [1.807, 2.05) is 12.1 Å². The Labute approximate surface area is 163 Å². The normalized spacial score (nSPS) is 10.9. The topological polar surface area (TPSA) is 111 Å². The van der Waals surface area contributed by atoms with Crippen molar-refractivity contribution in [1.29, 1.82) is 0 Å². The van der Waals surface area contributed by atoms with Crippen molar-refractivity contribution < 1.29 is 27.5 Å². The van der Waals surface area contributed by atoms with Crippen LogP contribution in [-0.4, -0.2) is 40.6 Å². The van der Waals surface area contributed by atoms with E-state index >= 15 is 0 Å². The van der Waals surface area contributed by atoms with Gasteiger partial charge in [-0.1, -0.05) is 30.3 Å². The summed E-state index contributed by atoms with van der Waals surface area (Å²) in [4.78, 5) is 23.5. The Hall–Kier alpha value is -2.91. The highest BCUT2D eigenvalue weighted by molar-refractivity contribution is 7.89. The van der Waals surface area contributed by atoms with Crippen LogP contribution in [0.25, 0.3) is 0 Å². The monoisotopic (exact) mass is 406 g/mol. The van der Waals surface area contributed by atoms with Crippen LogP contribution in [0.5, 0.6) is 5.75 Å². The summed E-state index contributed by atoms with van der Waals surface area (Å²) in [5.41, 5.74) is 0.871. The first-order valence-electron chi connectivity index (χ1n) is 8.50. The standard InChI is InChI=1S/C19H22N2O6S/c1-26-16-9-7-15(8-10-16)13-20-18(22)14-27-19(23)11-12-21-28(24,25)17-5-3-2-4-6-17/h2-10,21H,11-14H2,1H3,(H,20,22). The maximum absolute atomic E-state index is 12.0. The zero-order valence-electron chi connectivity index (χ0n) is 15.4. The molecule has 0 radical (unpaired) electrons. The third-order valence-electron chi connectivity index (χ3n) is 3.69. The van der Waals surface area contributed by atoms with Crippen LogP contribution in [0.1, 0.15) is 12.0 Å². The molecule has 0 aliphatic rings. The molecule has 28 heavy (non-hydrogen) atoms. The van der Waals surface area contributed by atoms with Crippen LogP contribution in [0, 0.1) is 0 Å². The van der Waals surface area contributed by atoms with Crippen molar-refractivity contribution in [3.8, 4) is 5.75 Å². The van der Waals surface area contributed by atoms with E-state index in [0.717, 1.165) is 5.56 Å². The van der Waals surface area contributed by atoms with Gasteiger partial charge < -0.3 is 14.8 Å². The molecular weight excluding hydrogens is 384 g/mol. The van der Waals surface area contributed by atoms with Crippen molar-refractivity contribution in [2.24, 2.45) is 0 Å². The molecule has 0 fully saturated rings. The first-order chi connectivity index (χ1) is 13.4. The van der Waals surface area contributed by atoms with Gasteiger partial charge in [0.2, 0.25) is 10.0 Å². The summed E-state index contributed by atoms with van der Waals surface area (Å²) in [7, 11) is -2.11. The number of ether oxygens (including phenoxy) is 2. The maximum Gasteiger partial charge on any atom is 0.307 e. The molecule has 0 unspecified atom stereocenters. The van der Waals surface area contributed by atoms with Crippen molar-refractivity contribution in [2.45, 2.75) is 17.9 Å². The molecule has 0 aliphatic heterocycles. The van der Waals surface area contributed by atoms with Gasteiger partial charge in [0.15, 0.2) is 6.61 Å². The predicted molar refractivity (Wildman–Crippen MR) is 102 cm³/mol. The van der Waals surface area contributed by atoms with Gasteiger partial charge in [-0.3, -0.25) is 9.59 Å². The fourth-order valence-electron chi connectivity index (χ4n) is 2.18. The Kier molecular flexibility index (Phi) is 7.97. The Morgan fingerprint density at radius 3 is 2.32 bits per heavy atom. The van der Waals surface area contributed by atoms with Crippen LogP contribution in [0.3, 0.4) is 0 Å². The molecule has 9 heteroatoms. The van der Waals surface area contributed by atoms with E-state index in [4.69, 9.17) is 9.47 Å². The average molecular weight is 406 g/mol. The largest absolute Gasteiger partial charge is 0.497 e. The lowest BCUT2D eigenvalue weighted by Crippen LogP contribution is -2.30. The number of sulfonamides is 1. The maximum atomic E-state index is 12.0. The minimum atomic E-state index is -3.68. The van der Waals surface area contributed by atoms with Crippen LogP contribution in [0.4, 0.5) is 0 Å². The lowest BCUT2D eigenvalue weighted by Gasteiger charge is -2.08. The highest BCUT2D eigenvalue weighted by Gasteiger charge is 2.14. The molecule has 0 atom stereocenters. The molecule has 150 valence electrons. The zero-order valence-corrected chi connectivity index (χ0v) is 16.2. The second-order valence-electron chi connectivity index (χ2n) is 5.75. The molecule has 1 amide bonds. The molecule has 0 aromatic heterocycles. The minimum absolute atomic E-state index is 0.112. The molecule has 2 N–H and O–H groups in total. The number of hydrogen-bond donors (Lipinski definition) is 2. The smallest absolute Gasteiger partial charge is 0.307 e. The quantitative estimate of drug-likeness (QED) is 0.574. The fourth-order valence-corrected chi connectivity index (χ4v) is 3.24. The van der Waals surface area contributed by atoms with Crippen molar-refractivity contribution in [2.75, 3.05) is 20.3 Å². The van der Waals surface area contributed by atoms with Gasteiger partial charge in [-0.2, -0.15) is 0 Å². The Morgan fingerprint density at radius 2 is 1.68 bits per heavy atom. The molecule has 0 saturated heterocycles. The van der Waals surface area contributed by atoms with E-state index in [1.54, 1.807) is 37.4 Å². The lowest BCUT2D eigenvalue weighted by atomic mass is 10.2. The van der Waals surface area contributed by atoms with Gasteiger partial charge in [0, 0.05) is 13.1 Å². The number of nitrogens with one attached hydrogen (secondary N) is 2. The van der Waals surface area contributed by atoms with Gasteiger partial charge in [-0.05, 0) is 29.8 Å². The first kappa shape index (κ1) is 21.4. The molecule has 2 aromatic carbocycles. The fraction of sp³-hybridized carbons (Fsp3) is 0.263. The zero-order chi connectivity index (χ0) is 20.4. The van der Waals surface area contributed by atoms with E-state index in [-0.39, 0.29) is 24.4 Å². The summed E-state index contributed by atoms with van der Waals surface area (Å²) >= 11 is 0. The van der Waals surface area contributed by atoms with Crippen molar-refractivity contribution in [1.82, 2.24) is 10.0 Å². The summed E-state index contributed by atoms with van der Waals surface area (Å²) in [5, 5.41) is 2.63. The van der Waals surface area contributed by atoms with E-state index in [0.29, 0.717) is 5.75 Å². The molecule has 0 saturated carbocycles. The molecule has 0 bridgehead atoms. The number of hydrogen-bond acceptors (Lipinski definition) is 6. The number of benzene rings is 2. The summed E-state index contributed by atoms with van der Waals surface area (Å²) in [5.74, 6) is -0.406. The molecule has 8 nitrogen and oxygen atoms in total. The highest BCUT2D eigenvalue weighted by Crippen LogP contribution is 2.11. The van der Waals surface area contributed by atoms with Gasteiger partial charge in [0.25, 0.3) is 5.91 Å². The van der Waals surface area contributed by atoms with Gasteiger partial charge in [-0.25, -0.2) is 13.1 Å². The predicted octanol–water partition coefficient (Wildman–Crippen LogP) is 1.22. The number of carbonyl (C=O) groups excluding carboxylic acids is 2. The average Bonchev–Trinajstić information content (AvgIpc) is 2.71. The molecule has 2 aromatic rings. The second kappa shape index (κ2) is 10.4. The Bertz CT molecular complexity index is 882. The van der Waals surface area contributed by atoms with Gasteiger partial charge >= 0.3 is 5.97 Å². The number of carbonyl (C=O) groups is 2. The van der Waals surface area contributed by atoms with Crippen molar-refractivity contribution >= 4 is 21.9 Å². The number of amides is 1. The van der Waals surface area contributed by atoms with Gasteiger partial charge in [0.1, 0.15) is 5.75 Å². The van der Waals surface area contributed by atoms with Gasteiger partial charge in [0.05, 0.1) is 18.4 Å². The van der Waals surface area contributed by atoms with Crippen molar-refractivity contribution in [3.05, 3.63) is 60.2 Å². The van der Waals surface area contributed by atoms with Crippen LogP contribution in [0.15, 0.2) is 59.5 Å².